The van der Waals surface area contributed by atoms with Gasteiger partial charge in [0, 0.05) is 6.08 Å². The Morgan fingerprint density at radius 3 is 2.40 bits per heavy atom. The zero-order chi connectivity index (χ0) is 20.9. The number of anilines is 1. The highest BCUT2D eigenvalue weighted by Gasteiger charge is 2.32. The van der Waals surface area contributed by atoms with E-state index in [9.17, 15) is 4.79 Å². The topological polar surface area (TPSA) is 63.9 Å². The summed E-state index contributed by atoms with van der Waals surface area (Å²) < 4.78 is 16.9. The summed E-state index contributed by atoms with van der Waals surface area (Å²) in [7, 11) is 0. The van der Waals surface area contributed by atoms with Crippen molar-refractivity contribution in [1.82, 2.24) is 5.32 Å². The standard InChI is InChI=1S/C23H20N2O4S/c1-2-27-17-8-10-18(11-9-17)28-15-20-13-12-19(29-20)14-21-22(26)25(23(30)24-21)16-6-4-3-5-7-16/h3-14H,2,15H2,1H3,(H,24,30)/b21-14+. The largest absolute Gasteiger partial charge is 0.494 e. The smallest absolute Gasteiger partial charge is 0.281 e. The Balaban J connectivity index is 1.41. The van der Waals surface area contributed by atoms with E-state index in [1.54, 1.807) is 12.1 Å². The van der Waals surface area contributed by atoms with Crippen LogP contribution >= 0.6 is 12.2 Å². The number of nitrogens with one attached hydrogen (secondary N) is 1. The minimum absolute atomic E-state index is 0.227. The Hall–Kier alpha value is -3.58. The van der Waals surface area contributed by atoms with E-state index in [2.05, 4.69) is 5.32 Å². The molecule has 1 amide bonds. The van der Waals surface area contributed by atoms with Crippen LogP contribution in [0.2, 0.25) is 0 Å². The van der Waals surface area contributed by atoms with Crippen LogP contribution in [-0.2, 0) is 11.4 Å². The molecule has 1 fully saturated rings. The second kappa shape index (κ2) is 8.84. The number of benzene rings is 2. The van der Waals surface area contributed by atoms with Gasteiger partial charge in [-0.15, -0.1) is 0 Å². The van der Waals surface area contributed by atoms with Crippen molar-refractivity contribution in [2.45, 2.75) is 13.5 Å². The third-order valence-electron chi connectivity index (χ3n) is 4.38. The van der Waals surface area contributed by atoms with Crippen LogP contribution in [0.5, 0.6) is 11.5 Å². The Labute approximate surface area is 179 Å². The molecule has 1 aliphatic heterocycles. The summed E-state index contributed by atoms with van der Waals surface area (Å²) >= 11 is 5.31. The maximum atomic E-state index is 12.7. The molecule has 6 nitrogen and oxygen atoms in total. The fourth-order valence-electron chi connectivity index (χ4n) is 2.99. The first-order valence-electron chi connectivity index (χ1n) is 9.50. The molecule has 30 heavy (non-hydrogen) atoms. The highest BCUT2D eigenvalue weighted by molar-refractivity contribution is 7.80. The van der Waals surface area contributed by atoms with Gasteiger partial charge in [0.05, 0.1) is 12.3 Å². The fourth-order valence-corrected chi connectivity index (χ4v) is 3.29. The molecular weight excluding hydrogens is 400 g/mol. The molecular formula is C23H20N2O4S. The SMILES string of the molecule is CCOc1ccc(OCc2ccc(/C=C3/NC(=S)N(c4ccccc4)C3=O)o2)cc1. The number of hydrogen-bond acceptors (Lipinski definition) is 5. The van der Waals surface area contributed by atoms with Gasteiger partial charge in [0.2, 0.25) is 0 Å². The summed E-state index contributed by atoms with van der Waals surface area (Å²) in [6.45, 7) is 2.83. The minimum atomic E-state index is -0.227. The number of thiocarbonyl (C=S) groups is 1. The maximum Gasteiger partial charge on any atom is 0.281 e. The molecule has 152 valence electrons. The number of carbonyl (C=O) groups excluding carboxylic acids is 1. The quantitative estimate of drug-likeness (QED) is 0.448. The number of rotatable bonds is 7. The number of nitrogens with zero attached hydrogens (tertiary/aromatic N) is 1. The second-order valence-electron chi connectivity index (χ2n) is 6.46. The fraction of sp³-hybridized carbons (Fsp3) is 0.130. The van der Waals surface area contributed by atoms with Gasteiger partial charge in [0.1, 0.15) is 35.3 Å². The van der Waals surface area contributed by atoms with Crippen molar-refractivity contribution in [3.8, 4) is 11.5 Å². The molecule has 3 aromatic rings. The average Bonchev–Trinajstić information content (AvgIpc) is 3.32. The molecule has 1 saturated heterocycles. The lowest BCUT2D eigenvalue weighted by Gasteiger charge is -2.13. The van der Waals surface area contributed by atoms with Gasteiger partial charge < -0.3 is 19.2 Å². The van der Waals surface area contributed by atoms with Gasteiger partial charge in [-0.2, -0.15) is 0 Å². The molecule has 4 rings (SSSR count). The van der Waals surface area contributed by atoms with Crippen LogP contribution in [0.3, 0.4) is 0 Å². The molecule has 2 heterocycles. The number of carbonyl (C=O) groups is 1. The third-order valence-corrected chi connectivity index (χ3v) is 4.66. The van der Waals surface area contributed by atoms with E-state index in [1.807, 2.05) is 67.6 Å². The number of furan rings is 1. The molecule has 0 atom stereocenters. The van der Waals surface area contributed by atoms with Gasteiger partial charge in [0.25, 0.3) is 5.91 Å². The summed E-state index contributed by atoms with van der Waals surface area (Å²) in [6.07, 6.45) is 1.64. The van der Waals surface area contributed by atoms with Crippen molar-refractivity contribution in [1.29, 1.82) is 0 Å². The van der Waals surface area contributed by atoms with Crippen LogP contribution in [0, 0.1) is 0 Å². The minimum Gasteiger partial charge on any atom is -0.494 e. The highest BCUT2D eigenvalue weighted by atomic mass is 32.1. The van der Waals surface area contributed by atoms with Gasteiger partial charge in [-0.1, -0.05) is 18.2 Å². The third kappa shape index (κ3) is 4.36. The van der Waals surface area contributed by atoms with Gasteiger partial charge >= 0.3 is 0 Å². The monoisotopic (exact) mass is 420 g/mol. The number of para-hydroxylation sites is 1. The highest BCUT2D eigenvalue weighted by Crippen LogP contribution is 2.23. The van der Waals surface area contributed by atoms with Gasteiger partial charge in [-0.05, 0) is 67.7 Å². The Kier molecular flexibility index (Phi) is 5.81. The molecule has 0 unspecified atom stereocenters. The molecule has 0 bridgehead atoms. The molecule has 0 aliphatic carbocycles. The van der Waals surface area contributed by atoms with E-state index in [-0.39, 0.29) is 12.5 Å². The van der Waals surface area contributed by atoms with Gasteiger partial charge in [0.15, 0.2) is 5.11 Å². The average molecular weight is 420 g/mol. The van der Waals surface area contributed by atoms with Crippen molar-refractivity contribution in [2.75, 3.05) is 11.5 Å². The van der Waals surface area contributed by atoms with E-state index < -0.39 is 0 Å². The summed E-state index contributed by atoms with van der Waals surface area (Å²) in [5.74, 6) is 2.46. The van der Waals surface area contributed by atoms with Crippen molar-refractivity contribution >= 4 is 35.0 Å². The van der Waals surface area contributed by atoms with E-state index in [0.717, 1.165) is 5.75 Å². The molecule has 1 N–H and O–H groups in total. The molecule has 1 aliphatic rings. The maximum absolute atomic E-state index is 12.7. The zero-order valence-electron chi connectivity index (χ0n) is 16.3. The van der Waals surface area contributed by atoms with E-state index in [1.165, 1.54) is 4.90 Å². The van der Waals surface area contributed by atoms with E-state index in [0.29, 0.717) is 40.4 Å². The van der Waals surface area contributed by atoms with Gasteiger partial charge in [-0.3, -0.25) is 9.69 Å². The number of amides is 1. The molecule has 0 spiro atoms. The van der Waals surface area contributed by atoms with Crippen LogP contribution in [-0.4, -0.2) is 17.6 Å². The summed E-state index contributed by atoms with van der Waals surface area (Å²) in [4.78, 5) is 14.2. The molecule has 1 aromatic heterocycles. The Morgan fingerprint density at radius 2 is 1.70 bits per heavy atom. The molecule has 0 radical (unpaired) electrons. The van der Waals surface area contributed by atoms with Crippen LogP contribution in [0.4, 0.5) is 5.69 Å². The van der Waals surface area contributed by atoms with Crippen molar-refractivity contribution in [2.24, 2.45) is 0 Å². The normalized spacial score (nSPS) is 14.8. The number of ether oxygens (including phenoxy) is 2. The summed E-state index contributed by atoms with van der Waals surface area (Å²) in [5, 5.41) is 3.29. The van der Waals surface area contributed by atoms with Crippen LogP contribution in [0.25, 0.3) is 6.08 Å². The predicted octanol–water partition coefficient (Wildman–Crippen LogP) is 4.52. The Bertz CT molecular complexity index is 1070. The number of hydrogen-bond donors (Lipinski definition) is 1. The van der Waals surface area contributed by atoms with Crippen molar-refractivity contribution in [3.63, 3.8) is 0 Å². The predicted molar refractivity (Wildman–Crippen MR) is 118 cm³/mol. The zero-order valence-corrected chi connectivity index (χ0v) is 17.1. The Morgan fingerprint density at radius 1 is 1.00 bits per heavy atom. The lowest BCUT2D eigenvalue weighted by molar-refractivity contribution is -0.113. The van der Waals surface area contributed by atoms with Crippen LogP contribution in [0.1, 0.15) is 18.4 Å². The summed E-state index contributed by atoms with van der Waals surface area (Å²) in [5.41, 5.74) is 1.07. The van der Waals surface area contributed by atoms with Crippen molar-refractivity contribution < 1.29 is 18.7 Å². The van der Waals surface area contributed by atoms with Crippen LogP contribution < -0.4 is 19.7 Å². The first-order valence-corrected chi connectivity index (χ1v) is 9.91. The first-order chi connectivity index (χ1) is 14.6. The second-order valence-corrected chi connectivity index (χ2v) is 6.85. The van der Waals surface area contributed by atoms with Crippen LogP contribution in [0.15, 0.2) is 76.8 Å². The van der Waals surface area contributed by atoms with E-state index in [4.69, 9.17) is 26.1 Å². The van der Waals surface area contributed by atoms with E-state index >= 15 is 0 Å². The first kappa shape index (κ1) is 19.7. The molecule has 0 saturated carbocycles. The lowest BCUT2D eigenvalue weighted by Crippen LogP contribution is -2.30. The molecule has 2 aromatic carbocycles. The van der Waals surface area contributed by atoms with Crippen molar-refractivity contribution in [3.05, 3.63) is 83.9 Å². The lowest BCUT2D eigenvalue weighted by atomic mass is 10.3. The van der Waals surface area contributed by atoms with Gasteiger partial charge in [-0.25, -0.2) is 0 Å². The summed E-state index contributed by atoms with van der Waals surface area (Å²) in [6, 6.07) is 20.3. The molecule has 7 heteroatoms.